The molecule has 4 nitrogen and oxygen atoms in total. The van der Waals surface area contributed by atoms with Gasteiger partial charge in [-0.15, -0.1) is 0 Å². The zero-order valence-electron chi connectivity index (χ0n) is 13.3. The van der Waals surface area contributed by atoms with Gasteiger partial charge in [-0.05, 0) is 71.2 Å². The third-order valence-electron chi connectivity index (χ3n) is 3.38. The van der Waals surface area contributed by atoms with Gasteiger partial charge in [0.05, 0.1) is 11.6 Å². The van der Waals surface area contributed by atoms with Crippen LogP contribution in [0.4, 0.5) is 4.39 Å². The van der Waals surface area contributed by atoms with E-state index in [0.29, 0.717) is 32.7 Å². The van der Waals surface area contributed by atoms with Crippen LogP contribution >= 0.6 is 15.9 Å². The van der Waals surface area contributed by atoms with E-state index in [1.165, 1.54) is 26.3 Å². The van der Waals surface area contributed by atoms with Crippen LogP contribution in [-0.4, -0.2) is 25.1 Å². The fourth-order valence-corrected chi connectivity index (χ4v) is 2.61. The third kappa shape index (κ3) is 3.89. The van der Waals surface area contributed by atoms with Gasteiger partial charge in [-0.1, -0.05) is 0 Å². The van der Waals surface area contributed by atoms with Crippen molar-refractivity contribution in [1.82, 2.24) is 5.06 Å². The largest absolute Gasteiger partial charge is 0.456 e. The Bertz CT molecular complexity index is 726. The van der Waals surface area contributed by atoms with Gasteiger partial charge in [-0.3, -0.25) is 9.63 Å². The molecule has 0 heterocycles. The first-order valence-corrected chi connectivity index (χ1v) is 7.69. The van der Waals surface area contributed by atoms with Crippen molar-refractivity contribution in [3.8, 4) is 11.5 Å². The second-order valence-electron chi connectivity index (χ2n) is 5.10. The van der Waals surface area contributed by atoms with Gasteiger partial charge in [0.2, 0.25) is 0 Å². The first kappa shape index (κ1) is 17.4. The minimum Gasteiger partial charge on any atom is -0.456 e. The van der Waals surface area contributed by atoms with Gasteiger partial charge in [0, 0.05) is 12.6 Å². The number of carbonyl (C=O) groups excluding carboxylic acids is 1. The first-order valence-electron chi connectivity index (χ1n) is 6.89. The molecule has 0 aliphatic rings. The van der Waals surface area contributed by atoms with Crippen molar-refractivity contribution in [2.24, 2.45) is 0 Å². The average Bonchev–Trinajstić information content (AvgIpc) is 2.50. The molecule has 0 atom stereocenters. The molecule has 2 aromatic carbocycles. The number of ether oxygens (including phenoxy) is 1. The van der Waals surface area contributed by atoms with E-state index in [9.17, 15) is 9.18 Å². The van der Waals surface area contributed by atoms with Crippen molar-refractivity contribution >= 4 is 21.8 Å². The molecule has 23 heavy (non-hydrogen) atoms. The quantitative estimate of drug-likeness (QED) is 0.724. The Morgan fingerprint density at radius 3 is 2.30 bits per heavy atom. The highest BCUT2D eigenvalue weighted by molar-refractivity contribution is 9.10. The molecule has 0 aliphatic heterocycles. The number of hydrogen-bond acceptors (Lipinski definition) is 3. The molecule has 0 saturated heterocycles. The summed E-state index contributed by atoms with van der Waals surface area (Å²) in [7, 11) is 2.95. The van der Waals surface area contributed by atoms with Gasteiger partial charge in [-0.25, -0.2) is 9.45 Å². The fourth-order valence-electron chi connectivity index (χ4n) is 2.15. The number of halogens is 2. The lowest BCUT2D eigenvalue weighted by Crippen LogP contribution is -2.25. The van der Waals surface area contributed by atoms with E-state index in [0.717, 1.165) is 5.06 Å². The minimum absolute atomic E-state index is 0.270. The number of rotatable bonds is 4. The second-order valence-corrected chi connectivity index (χ2v) is 5.96. The van der Waals surface area contributed by atoms with E-state index in [1.54, 1.807) is 32.0 Å². The molecule has 0 saturated carbocycles. The topological polar surface area (TPSA) is 38.8 Å². The van der Waals surface area contributed by atoms with Gasteiger partial charge < -0.3 is 4.74 Å². The van der Waals surface area contributed by atoms with Crippen LogP contribution in [-0.2, 0) is 4.84 Å². The van der Waals surface area contributed by atoms with E-state index in [4.69, 9.17) is 9.57 Å². The number of amides is 1. The van der Waals surface area contributed by atoms with Crippen molar-refractivity contribution in [2.75, 3.05) is 14.2 Å². The van der Waals surface area contributed by atoms with Crippen LogP contribution in [0.15, 0.2) is 34.8 Å². The summed E-state index contributed by atoms with van der Waals surface area (Å²) in [5.41, 5.74) is 1.86. The summed E-state index contributed by atoms with van der Waals surface area (Å²) in [5, 5.41) is 1.14. The molecule has 0 bridgehead atoms. The molecular weight excluding hydrogens is 365 g/mol. The number of hydroxylamine groups is 2. The van der Waals surface area contributed by atoms with Crippen LogP contribution in [0, 0.1) is 19.7 Å². The van der Waals surface area contributed by atoms with Crippen LogP contribution in [0.1, 0.15) is 21.5 Å². The van der Waals surface area contributed by atoms with E-state index in [-0.39, 0.29) is 11.7 Å². The Morgan fingerprint density at radius 2 is 1.78 bits per heavy atom. The maximum Gasteiger partial charge on any atom is 0.277 e. The highest BCUT2D eigenvalue weighted by Gasteiger charge is 2.15. The summed E-state index contributed by atoms with van der Waals surface area (Å²) in [5.74, 6) is 0.573. The zero-order chi connectivity index (χ0) is 17.1. The van der Waals surface area contributed by atoms with E-state index in [1.807, 2.05) is 0 Å². The molecule has 0 fully saturated rings. The number of nitrogens with zero attached hydrogens (tertiary/aromatic N) is 1. The molecule has 122 valence electrons. The maximum absolute atomic E-state index is 13.4. The molecule has 1 amide bonds. The maximum atomic E-state index is 13.4. The lowest BCUT2D eigenvalue weighted by Gasteiger charge is -2.16. The van der Waals surface area contributed by atoms with Crippen LogP contribution in [0.3, 0.4) is 0 Å². The normalized spacial score (nSPS) is 10.5. The van der Waals surface area contributed by atoms with E-state index < -0.39 is 0 Å². The molecule has 0 radical (unpaired) electrons. The highest BCUT2D eigenvalue weighted by atomic mass is 79.9. The minimum atomic E-state index is -0.296. The molecule has 0 unspecified atom stereocenters. The molecule has 0 N–H and O–H groups in total. The van der Waals surface area contributed by atoms with Crippen molar-refractivity contribution in [1.29, 1.82) is 0 Å². The van der Waals surface area contributed by atoms with Crippen LogP contribution in [0.2, 0.25) is 0 Å². The van der Waals surface area contributed by atoms with Gasteiger partial charge in [0.25, 0.3) is 5.91 Å². The molecule has 0 aromatic heterocycles. The SMILES string of the molecule is CON(C)C(=O)c1ccc(Oc2c(C)cc(F)cc2C)c(Br)c1. The first-order chi connectivity index (χ1) is 10.8. The Balaban J connectivity index is 2.31. The number of hydrogen-bond donors (Lipinski definition) is 0. The Hall–Kier alpha value is -1.92. The molecule has 2 aromatic rings. The van der Waals surface area contributed by atoms with Crippen molar-refractivity contribution < 1.29 is 18.8 Å². The molecule has 0 spiro atoms. The van der Waals surface area contributed by atoms with E-state index >= 15 is 0 Å². The average molecular weight is 382 g/mol. The Labute approximate surface area is 142 Å². The number of carbonyl (C=O) groups is 1. The van der Waals surface area contributed by atoms with Crippen LogP contribution in [0.25, 0.3) is 0 Å². The number of benzene rings is 2. The standard InChI is InChI=1S/C17H17BrFNO3/c1-10-7-13(19)8-11(2)16(10)23-15-6-5-12(9-14(15)18)17(21)20(3)22-4/h5-9H,1-4H3. The van der Waals surface area contributed by atoms with Crippen molar-refractivity contribution in [2.45, 2.75) is 13.8 Å². The third-order valence-corrected chi connectivity index (χ3v) is 4.00. The van der Waals surface area contributed by atoms with Crippen LogP contribution < -0.4 is 4.74 Å². The summed E-state index contributed by atoms with van der Waals surface area (Å²) < 4.78 is 19.9. The Kier molecular flexibility index (Phi) is 5.38. The van der Waals surface area contributed by atoms with Crippen LogP contribution in [0.5, 0.6) is 11.5 Å². The predicted molar refractivity (Wildman–Crippen MR) is 89.2 cm³/mol. The monoisotopic (exact) mass is 381 g/mol. The van der Waals surface area contributed by atoms with Crippen molar-refractivity contribution in [3.05, 3.63) is 57.3 Å². The summed E-state index contributed by atoms with van der Waals surface area (Å²) in [6.07, 6.45) is 0. The lowest BCUT2D eigenvalue weighted by molar-refractivity contribution is -0.0757. The lowest BCUT2D eigenvalue weighted by atomic mass is 10.1. The smallest absolute Gasteiger partial charge is 0.277 e. The Morgan fingerprint density at radius 1 is 1.17 bits per heavy atom. The molecule has 6 heteroatoms. The molecular formula is C17H17BrFNO3. The van der Waals surface area contributed by atoms with Crippen molar-refractivity contribution in [3.63, 3.8) is 0 Å². The summed E-state index contributed by atoms with van der Waals surface area (Å²) in [4.78, 5) is 16.9. The van der Waals surface area contributed by atoms with Gasteiger partial charge in [0.1, 0.15) is 17.3 Å². The number of aryl methyl sites for hydroxylation is 2. The van der Waals surface area contributed by atoms with Gasteiger partial charge >= 0.3 is 0 Å². The second kappa shape index (κ2) is 7.10. The molecule has 0 aliphatic carbocycles. The summed E-state index contributed by atoms with van der Waals surface area (Å²) in [6.45, 7) is 3.57. The predicted octanol–water partition coefficient (Wildman–Crippen LogP) is 4.63. The van der Waals surface area contributed by atoms with Gasteiger partial charge in [0.15, 0.2) is 0 Å². The zero-order valence-corrected chi connectivity index (χ0v) is 14.9. The summed E-state index contributed by atoms with van der Waals surface area (Å²) in [6, 6.07) is 7.82. The summed E-state index contributed by atoms with van der Waals surface area (Å²) >= 11 is 3.40. The van der Waals surface area contributed by atoms with Gasteiger partial charge in [-0.2, -0.15) is 0 Å². The van der Waals surface area contributed by atoms with E-state index in [2.05, 4.69) is 15.9 Å². The fraction of sp³-hybridized carbons (Fsp3) is 0.235. The highest BCUT2D eigenvalue weighted by Crippen LogP contribution is 2.34. The molecule has 2 rings (SSSR count).